The van der Waals surface area contributed by atoms with Crippen LogP contribution in [0.4, 0.5) is 0 Å². The van der Waals surface area contributed by atoms with E-state index in [1.165, 1.54) is 11.3 Å². The predicted octanol–water partition coefficient (Wildman–Crippen LogP) is 2.51. The van der Waals surface area contributed by atoms with Crippen LogP contribution >= 0.6 is 11.3 Å². The van der Waals surface area contributed by atoms with E-state index in [0.717, 1.165) is 12.8 Å². The molecule has 12 heavy (non-hydrogen) atoms. The fourth-order valence-corrected chi connectivity index (χ4v) is 1.28. The van der Waals surface area contributed by atoms with Crippen LogP contribution in [0.5, 0.6) is 0 Å². The molecule has 1 radical (unpaired) electrons. The summed E-state index contributed by atoms with van der Waals surface area (Å²) in [4.78, 5) is 11.1. The molecule has 1 aromatic heterocycles. The molecule has 2 nitrogen and oxygen atoms in total. The van der Waals surface area contributed by atoms with Gasteiger partial charge in [-0.15, -0.1) is 11.3 Å². The third-order valence-electron chi connectivity index (χ3n) is 1.42. The van der Waals surface area contributed by atoms with Crippen molar-refractivity contribution in [3.8, 4) is 0 Å². The van der Waals surface area contributed by atoms with Gasteiger partial charge in [-0.3, -0.25) is 0 Å². The predicted molar refractivity (Wildman–Crippen MR) is 48.3 cm³/mol. The highest BCUT2D eigenvalue weighted by Gasteiger charge is 2.06. The molecule has 0 saturated carbocycles. The molecule has 1 heterocycles. The molecule has 0 aliphatic rings. The Morgan fingerprint density at radius 3 is 3.17 bits per heavy atom. The minimum atomic E-state index is -0.260. The number of hydrogen-bond acceptors (Lipinski definition) is 3. The number of carbonyl (C=O) groups excluding carboxylic acids is 1. The van der Waals surface area contributed by atoms with Crippen LogP contribution in [0.25, 0.3) is 0 Å². The van der Waals surface area contributed by atoms with Gasteiger partial charge in [0.25, 0.3) is 0 Å². The Morgan fingerprint density at radius 2 is 2.58 bits per heavy atom. The summed E-state index contributed by atoms with van der Waals surface area (Å²) in [6.45, 7) is 2.57. The van der Waals surface area contributed by atoms with Crippen molar-refractivity contribution in [1.82, 2.24) is 0 Å². The molecular formula is C9H11O2S. The SMILES string of the molecule is CCCCOC(=O)c1[c]scc1. The quantitative estimate of drug-likeness (QED) is 0.529. The first kappa shape index (κ1) is 9.26. The van der Waals surface area contributed by atoms with E-state index in [-0.39, 0.29) is 5.97 Å². The number of ether oxygens (including phenoxy) is 1. The molecule has 0 aliphatic heterocycles. The lowest BCUT2D eigenvalue weighted by atomic mass is 10.3. The fraction of sp³-hybridized carbons (Fsp3) is 0.444. The van der Waals surface area contributed by atoms with Gasteiger partial charge in [0.1, 0.15) is 0 Å². The van der Waals surface area contributed by atoms with E-state index >= 15 is 0 Å². The van der Waals surface area contributed by atoms with Crippen LogP contribution < -0.4 is 0 Å². The first-order valence-corrected chi connectivity index (χ1v) is 4.85. The maximum atomic E-state index is 11.1. The summed E-state index contributed by atoms with van der Waals surface area (Å²) in [7, 11) is 0. The van der Waals surface area contributed by atoms with E-state index in [9.17, 15) is 4.79 Å². The van der Waals surface area contributed by atoms with Gasteiger partial charge in [0.15, 0.2) is 0 Å². The minimum Gasteiger partial charge on any atom is -0.462 e. The van der Waals surface area contributed by atoms with Crippen molar-refractivity contribution < 1.29 is 9.53 Å². The number of rotatable bonds is 4. The summed E-state index contributed by atoms with van der Waals surface area (Å²) >= 11 is 1.38. The zero-order valence-corrected chi connectivity index (χ0v) is 7.82. The minimum absolute atomic E-state index is 0.260. The number of hydrogen-bond donors (Lipinski definition) is 0. The average molecular weight is 183 g/mol. The highest BCUT2D eigenvalue weighted by atomic mass is 32.1. The van der Waals surface area contributed by atoms with Crippen LogP contribution in [0.1, 0.15) is 30.1 Å². The molecule has 3 heteroatoms. The van der Waals surface area contributed by atoms with Crippen molar-refractivity contribution in [2.24, 2.45) is 0 Å². The Kier molecular flexibility index (Phi) is 3.80. The standard InChI is InChI=1S/C9H11O2S/c1-2-3-5-11-9(10)8-4-6-12-7-8/h4,6H,2-3,5H2,1H3. The van der Waals surface area contributed by atoms with Gasteiger partial charge in [-0.1, -0.05) is 13.3 Å². The second-order valence-electron chi connectivity index (χ2n) is 2.43. The number of esters is 1. The Hall–Kier alpha value is -0.830. The first-order valence-electron chi connectivity index (χ1n) is 3.97. The van der Waals surface area contributed by atoms with Crippen LogP contribution in [0.15, 0.2) is 11.4 Å². The molecular weight excluding hydrogens is 172 g/mol. The number of thiophene rings is 1. The van der Waals surface area contributed by atoms with Crippen molar-refractivity contribution in [3.05, 3.63) is 22.4 Å². The van der Waals surface area contributed by atoms with Gasteiger partial charge >= 0.3 is 5.97 Å². The van der Waals surface area contributed by atoms with Crippen molar-refractivity contribution in [2.45, 2.75) is 19.8 Å². The molecule has 0 amide bonds. The molecule has 65 valence electrons. The summed E-state index contributed by atoms with van der Waals surface area (Å²) in [6, 6.07) is 1.72. The summed E-state index contributed by atoms with van der Waals surface area (Å²) in [5.41, 5.74) is 0.538. The average Bonchev–Trinajstić information content (AvgIpc) is 2.56. The molecule has 1 rings (SSSR count). The lowest BCUT2D eigenvalue weighted by Gasteiger charge is -2.00. The van der Waals surface area contributed by atoms with Gasteiger partial charge in [-0.05, 0) is 17.9 Å². The lowest BCUT2D eigenvalue weighted by molar-refractivity contribution is 0.0500. The van der Waals surface area contributed by atoms with Gasteiger partial charge in [-0.25, -0.2) is 4.79 Å². The molecule has 0 N–H and O–H groups in total. The van der Waals surface area contributed by atoms with Gasteiger partial charge in [0.2, 0.25) is 0 Å². The highest BCUT2D eigenvalue weighted by Crippen LogP contribution is 2.06. The third kappa shape index (κ3) is 2.66. The Bertz CT molecular complexity index is 229. The molecule has 0 atom stereocenters. The van der Waals surface area contributed by atoms with Crippen molar-refractivity contribution in [3.63, 3.8) is 0 Å². The molecule has 0 bridgehead atoms. The second kappa shape index (κ2) is 4.93. The van der Waals surface area contributed by atoms with E-state index in [0.29, 0.717) is 12.2 Å². The van der Waals surface area contributed by atoms with Crippen LogP contribution in [-0.4, -0.2) is 12.6 Å². The molecule has 0 aromatic carbocycles. The van der Waals surface area contributed by atoms with Crippen LogP contribution in [0.2, 0.25) is 0 Å². The molecule has 1 aromatic rings. The van der Waals surface area contributed by atoms with Gasteiger partial charge < -0.3 is 4.74 Å². The normalized spacial score (nSPS) is 9.75. The molecule has 0 spiro atoms. The summed E-state index contributed by atoms with van der Waals surface area (Å²) < 4.78 is 4.96. The Balaban J connectivity index is 2.30. The van der Waals surface area contributed by atoms with Crippen LogP contribution in [0.3, 0.4) is 0 Å². The van der Waals surface area contributed by atoms with E-state index in [4.69, 9.17) is 4.74 Å². The van der Waals surface area contributed by atoms with Gasteiger partial charge in [0, 0.05) is 0 Å². The zero-order valence-electron chi connectivity index (χ0n) is 7.00. The Morgan fingerprint density at radius 1 is 1.75 bits per heavy atom. The fourth-order valence-electron chi connectivity index (χ4n) is 0.730. The molecule has 0 unspecified atom stereocenters. The summed E-state index contributed by atoms with van der Waals surface area (Å²) in [5.74, 6) is -0.260. The van der Waals surface area contributed by atoms with E-state index in [1.54, 1.807) is 6.07 Å². The zero-order chi connectivity index (χ0) is 8.81. The van der Waals surface area contributed by atoms with Crippen LogP contribution in [-0.2, 0) is 4.74 Å². The maximum Gasteiger partial charge on any atom is 0.339 e. The topological polar surface area (TPSA) is 26.3 Å². The van der Waals surface area contributed by atoms with E-state index in [1.807, 2.05) is 5.38 Å². The van der Waals surface area contributed by atoms with Crippen molar-refractivity contribution in [1.29, 1.82) is 0 Å². The van der Waals surface area contributed by atoms with Crippen molar-refractivity contribution >= 4 is 17.3 Å². The van der Waals surface area contributed by atoms with Gasteiger partial charge in [0.05, 0.1) is 17.6 Å². The molecule has 0 saturated heterocycles. The van der Waals surface area contributed by atoms with Gasteiger partial charge in [-0.2, -0.15) is 0 Å². The summed E-state index contributed by atoms with van der Waals surface area (Å²) in [5, 5.41) is 4.65. The first-order chi connectivity index (χ1) is 5.84. The lowest BCUT2D eigenvalue weighted by Crippen LogP contribution is -2.04. The summed E-state index contributed by atoms with van der Waals surface area (Å²) in [6.07, 6.45) is 1.97. The number of unbranched alkanes of at least 4 members (excludes halogenated alkanes) is 1. The highest BCUT2D eigenvalue weighted by molar-refractivity contribution is 7.07. The number of carbonyl (C=O) groups is 1. The smallest absolute Gasteiger partial charge is 0.339 e. The van der Waals surface area contributed by atoms with E-state index in [2.05, 4.69) is 12.3 Å². The maximum absolute atomic E-state index is 11.1. The molecule has 0 aliphatic carbocycles. The second-order valence-corrected chi connectivity index (χ2v) is 3.14. The van der Waals surface area contributed by atoms with Crippen molar-refractivity contribution in [2.75, 3.05) is 6.61 Å². The monoisotopic (exact) mass is 183 g/mol. The largest absolute Gasteiger partial charge is 0.462 e. The van der Waals surface area contributed by atoms with E-state index < -0.39 is 0 Å². The molecule has 0 fully saturated rings. The van der Waals surface area contributed by atoms with Crippen LogP contribution in [0, 0.1) is 5.38 Å². The Labute approximate surface area is 76.2 Å². The third-order valence-corrected chi connectivity index (χ3v) is 2.03.